The summed E-state index contributed by atoms with van der Waals surface area (Å²) in [6.45, 7) is 4.83. The van der Waals surface area contributed by atoms with Crippen LogP contribution in [0.3, 0.4) is 0 Å². The van der Waals surface area contributed by atoms with Crippen molar-refractivity contribution in [2.45, 2.75) is 20.3 Å². The molecule has 0 unspecified atom stereocenters. The number of rotatable bonds is 3. The van der Waals surface area contributed by atoms with Crippen molar-refractivity contribution in [1.29, 1.82) is 0 Å². The fourth-order valence-corrected chi connectivity index (χ4v) is 1.44. The maximum absolute atomic E-state index is 5.45. The van der Waals surface area contributed by atoms with Crippen molar-refractivity contribution in [2.24, 2.45) is 0 Å². The molecule has 0 amide bonds. The van der Waals surface area contributed by atoms with Gasteiger partial charge < -0.3 is 4.74 Å². The predicted octanol–water partition coefficient (Wildman–Crippen LogP) is 2.73. The molecule has 0 aromatic carbocycles. The average molecular weight is 202 g/mol. The van der Waals surface area contributed by atoms with Crippen LogP contribution in [0.15, 0.2) is 24.5 Å². The summed E-state index contributed by atoms with van der Waals surface area (Å²) in [6, 6.07) is 3.87. The molecule has 2 aromatic rings. The van der Waals surface area contributed by atoms with E-state index in [1.165, 1.54) is 5.56 Å². The van der Waals surface area contributed by atoms with Gasteiger partial charge in [-0.1, -0.05) is 6.92 Å². The van der Waals surface area contributed by atoms with Gasteiger partial charge in [0.15, 0.2) is 0 Å². The normalized spacial score (nSPS) is 10.5. The molecule has 0 N–H and O–H groups in total. The summed E-state index contributed by atoms with van der Waals surface area (Å²) >= 11 is 0. The Balaban J connectivity index is 2.39. The lowest BCUT2D eigenvalue weighted by atomic mass is 10.2. The van der Waals surface area contributed by atoms with Crippen LogP contribution >= 0.6 is 0 Å². The van der Waals surface area contributed by atoms with E-state index >= 15 is 0 Å². The third kappa shape index (κ3) is 2.06. The molecule has 0 aliphatic rings. The van der Waals surface area contributed by atoms with Gasteiger partial charge in [0.2, 0.25) is 5.88 Å². The highest BCUT2D eigenvalue weighted by Crippen LogP contribution is 2.18. The molecule has 0 aliphatic carbocycles. The van der Waals surface area contributed by atoms with E-state index in [-0.39, 0.29) is 0 Å². The van der Waals surface area contributed by atoms with Crippen LogP contribution in [0.25, 0.3) is 10.9 Å². The van der Waals surface area contributed by atoms with Gasteiger partial charge in [-0.05, 0) is 25.0 Å². The van der Waals surface area contributed by atoms with Crippen LogP contribution in [-0.2, 0) is 0 Å². The van der Waals surface area contributed by atoms with Gasteiger partial charge in [0, 0.05) is 23.8 Å². The van der Waals surface area contributed by atoms with Gasteiger partial charge in [0.25, 0.3) is 0 Å². The summed E-state index contributed by atoms with van der Waals surface area (Å²) in [5, 5.41) is 1.08. The van der Waals surface area contributed by atoms with Crippen molar-refractivity contribution in [3.63, 3.8) is 0 Å². The summed E-state index contributed by atoms with van der Waals surface area (Å²) in [7, 11) is 0. The summed E-state index contributed by atoms with van der Waals surface area (Å²) in [5.74, 6) is 0.655. The van der Waals surface area contributed by atoms with Crippen molar-refractivity contribution in [3.8, 4) is 5.88 Å². The summed E-state index contributed by atoms with van der Waals surface area (Å²) < 4.78 is 5.45. The lowest BCUT2D eigenvalue weighted by Crippen LogP contribution is -1.97. The number of ether oxygens (including phenoxy) is 1. The third-order valence-electron chi connectivity index (χ3n) is 2.27. The first kappa shape index (κ1) is 9.90. The minimum absolute atomic E-state index is 0.655. The predicted molar refractivity (Wildman–Crippen MR) is 60.1 cm³/mol. The molecule has 0 saturated carbocycles. The zero-order chi connectivity index (χ0) is 10.7. The maximum Gasteiger partial charge on any atom is 0.215 e. The molecule has 0 spiro atoms. The van der Waals surface area contributed by atoms with E-state index in [0.717, 1.165) is 17.3 Å². The minimum Gasteiger partial charge on any atom is -0.478 e. The minimum atomic E-state index is 0.655. The molecule has 2 heterocycles. The summed E-state index contributed by atoms with van der Waals surface area (Å²) in [4.78, 5) is 8.53. The summed E-state index contributed by atoms with van der Waals surface area (Å²) in [6.07, 6.45) is 4.62. The number of pyridine rings is 2. The lowest BCUT2D eigenvalue weighted by Gasteiger charge is -2.05. The highest BCUT2D eigenvalue weighted by molar-refractivity contribution is 5.81. The Morgan fingerprint density at radius 1 is 1.33 bits per heavy atom. The standard InChI is InChI=1S/C12H14N2O/c1-3-6-15-12-7-11-10(8-14-12)9(2)4-5-13-11/h4-5,7-8H,3,6H2,1-2H3. The lowest BCUT2D eigenvalue weighted by molar-refractivity contribution is 0.306. The fraction of sp³-hybridized carbons (Fsp3) is 0.333. The molecule has 0 aliphatic heterocycles. The monoisotopic (exact) mass is 202 g/mol. The highest BCUT2D eigenvalue weighted by atomic mass is 16.5. The van der Waals surface area contributed by atoms with Crippen molar-refractivity contribution in [3.05, 3.63) is 30.1 Å². The highest BCUT2D eigenvalue weighted by Gasteiger charge is 2.01. The second kappa shape index (κ2) is 4.26. The van der Waals surface area contributed by atoms with Crippen molar-refractivity contribution in [1.82, 2.24) is 9.97 Å². The zero-order valence-electron chi connectivity index (χ0n) is 9.03. The van der Waals surface area contributed by atoms with Crippen LogP contribution in [-0.4, -0.2) is 16.6 Å². The largest absolute Gasteiger partial charge is 0.478 e. The SMILES string of the molecule is CCCOc1cc2nccc(C)c2cn1. The smallest absolute Gasteiger partial charge is 0.215 e. The molecule has 0 saturated heterocycles. The van der Waals surface area contributed by atoms with E-state index in [9.17, 15) is 0 Å². The molecule has 0 atom stereocenters. The molecular formula is C12H14N2O. The number of fused-ring (bicyclic) bond motifs is 1. The second-order valence-electron chi connectivity index (χ2n) is 3.52. The Hall–Kier alpha value is -1.64. The van der Waals surface area contributed by atoms with Gasteiger partial charge in [0.05, 0.1) is 12.1 Å². The van der Waals surface area contributed by atoms with Crippen molar-refractivity contribution in [2.75, 3.05) is 6.61 Å². The number of hydrogen-bond acceptors (Lipinski definition) is 3. The Labute approximate surface area is 89.1 Å². The van der Waals surface area contributed by atoms with E-state index in [1.807, 2.05) is 18.3 Å². The molecule has 3 nitrogen and oxygen atoms in total. The van der Waals surface area contributed by atoms with Crippen LogP contribution in [0.4, 0.5) is 0 Å². The topological polar surface area (TPSA) is 35.0 Å². The van der Waals surface area contributed by atoms with E-state index in [1.54, 1.807) is 6.20 Å². The van der Waals surface area contributed by atoms with Crippen molar-refractivity contribution < 1.29 is 4.74 Å². The van der Waals surface area contributed by atoms with E-state index in [0.29, 0.717) is 12.5 Å². The van der Waals surface area contributed by atoms with Gasteiger partial charge in [-0.15, -0.1) is 0 Å². The fourth-order valence-electron chi connectivity index (χ4n) is 1.44. The van der Waals surface area contributed by atoms with E-state index < -0.39 is 0 Å². The van der Waals surface area contributed by atoms with Crippen LogP contribution in [0, 0.1) is 6.92 Å². The van der Waals surface area contributed by atoms with Gasteiger partial charge in [0.1, 0.15) is 0 Å². The molecule has 3 heteroatoms. The Bertz CT molecular complexity index is 468. The molecule has 2 aromatic heterocycles. The van der Waals surface area contributed by atoms with E-state index in [2.05, 4.69) is 23.8 Å². The quantitative estimate of drug-likeness (QED) is 0.767. The Morgan fingerprint density at radius 2 is 2.20 bits per heavy atom. The number of nitrogens with zero attached hydrogens (tertiary/aromatic N) is 2. The van der Waals surface area contributed by atoms with Crippen LogP contribution in [0.1, 0.15) is 18.9 Å². The van der Waals surface area contributed by atoms with Gasteiger partial charge in [-0.25, -0.2) is 4.98 Å². The number of aromatic nitrogens is 2. The molecule has 0 bridgehead atoms. The molecule has 15 heavy (non-hydrogen) atoms. The molecule has 78 valence electrons. The Morgan fingerprint density at radius 3 is 3.00 bits per heavy atom. The first-order valence-electron chi connectivity index (χ1n) is 5.15. The van der Waals surface area contributed by atoms with Gasteiger partial charge in [-0.2, -0.15) is 0 Å². The molecule has 0 radical (unpaired) electrons. The second-order valence-corrected chi connectivity index (χ2v) is 3.52. The van der Waals surface area contributed by atoms with Crippen LogP contribution in [0.2, 0.25) is 0 Å². The van der Waals surface area contributed by atoms with Crippen LogP contribution < -0.4 is 4.74 Å². The maximum atomic E-state index is 5.45. The molecule has 2 rings (SSSR count). The zero-order valence-corrected chi connectivity index (χ0v) is 9.03. The Kier molecular flexibility index (Phi) is 2.81. The first-order chi connectivity index (χ1) is 7.31. The van der Waals surface area contributed by atoms with Crippen LogP contribution in [0.5, 0.6) is 5.88 Å². The number of hydrogen-bond donors (Lipinski definition) is 0. The van der Waals surface area contributed by atoms with E-state index in [4.69, 9.17) is 4.74 Å². The number of aryl methyl sites for hydroxylation is 1. The molecular weight excluding hydrogens is 188 g/mol. The molecule has 0 fully saturated rings. The van der Waals surface area contributed by atoms with Gasteiger partial charge >= 0.3 is 0 Å². The third-order valence-corrected chi connectivity index (χ3v) is 2.27. The average Bonchev–Trinajstić information content (AvgIpc) is 2.26. The van der Waals surface area contributed by atoms with Crippen molar-refractivity contribution >= 4 is 10.9 Å². The summed E-state index contributed by atoms with van der Waals surface area (Å²) in [5.41, 5.74) is 2.13. The first-order valence-corrected chi connectivity index (χ1v) is 5.15. The van der Waals surface area contributed by atoms with Gasteiger partial charge in [-0.3, -0.25) is 4.98 Å².